The Morgan fingerprint density at radius 1 is 1.47 bits per heavy atom. The zero-order chi connectivity index (χ0) is 14.8. The van der Waals surface area contributed by atoms with E-state index in [1.165, 1.54) is 6.92 Å². The molecule has 0 heterocycles. The summed E-state index contributed by atoms with van der Waals surface area (Å²) in [6.07, 6.45) is 0.524. The smallest absolute Gasteiger partial charge is 0.349 e. The predicted molar refractivity (Wildman–Crippen MR) is 69.5 cm³/mol. The van der Waals surface area contributed by atoms with Crippen molar-refractivity contribution < 1.29 is 22.9 Å². The molecule has 0 aliphatic heterocycles. The molecule has 0 radical (unpaired) electrons. The van der Waals surface area contributed by atoms with E-state index in [1.54, 1.807) is 6.92 Å². The summed E-state index contributed by atoms with van der Waals surface area (Å²) in [6, 6.07) is 1.97. The van der Waals surface area contributed by atoms with Crippen LogP contribution in [0.25, 0.3) is 0 Å². The molecule has 106 valence electrons. The molecule has 0 fully saturated rings. The van der Waals surface area contributed by atoms with Crippen LogP contribution >= 0.6 is 11.6 Å². The second-order valence-electron chi connectivity index (χ2n) is 3.97. The van der Waals surface area contributed by atoms with E-state index in [0.717, 1.165) is 12.1 Å². The molecular formula is C12H13ClF2O3S. The first-order valence-corrected chi connectivity index (χ1v) is 7.22. The molecule has 1 atom stereocenters. The third-order valence-corrected chi connectivity index (χ3v) is 4.52. The highest BCUT2D eigenvalue weighted by Crippen LogP contribution is 2.38. The number of carboxylic acids is 1. The van der Waals surface area contributed by atoms with Crippen LogP contribution in [0, 0.1) is 6.92 Å². The van der Waals surface area contributed by atoms with Gasteiger partial charge in [-0.1, -0.05) is 6.92 Å². The first kappa shape index (κ1) is 16.0. The quantitative estimate of drug-likeness (QED) is 0.847. The summed E-state index contributed by atoms with van der Waals surface area (Å²) < 4.78 is 38.7. The lowest BCUT2D eigenvalue weighted by Crippen LogP contribution is -2.15. The van der Waals surface area contributed by atoms with Gasteiger partial charge in [0.1, 0.15) is 0 Å². The molecule has 0 saturated carbocycles. The van der Waals surface area contributed by atoms with Crippen molar-refractivity contribution in [1.82, 2.24) is 0 Å². The van der Waals surface area contributed by atoms with Gasteiger partial charge in [0.05, 0.1) is 26.8 Å². The van der Waals surface area contributed by atoms with E-state index in [2.05, 4.69) is 0 Å². The lowest BCUT2D eigenvalue weighted by Gasteiger charge is -2.17. The summed E-state index contributed by atoms with van der Waals surface area (Å²) in [5, 5.41) is 5.30. The molecule has 0 amide bonds. The number of alkyl halides is 3. The van der Waals surface area contributed by atoms with Gasteiger partial charge in [0.15, 0.2) is 0 Å². The van der Waals surface area contributed by atoms with Crippen molar-refractivity contribution in [3.8, 4) is 0 Å². The van der Waals surface area contributed by atoms with Crippen LogP contribution in [0.5, 0.6) is 0 Å². The molecule has 0 saturated heterocycles. The molecule has 0 bridgehead atoms. The second kappa shape index (κ2) is 5.96. The van der Waals surface area contributed by atoms with E-state index in [4.69, 9.17) is 16.7 Å². The molecule has 1 aromatic carbocycles. The molecule has 0 spiro atoms. The maximum Gasteiger partial charge on any atom is 0.349 e. The van der Waals surface area contributed by atoms with Crippen molar-refractivity contribution in [2.24, 2.45) is 0 Å². The van der Waals surface area contributed by atoms with Gasteiger partial charge in [-0.3, -0.25) is 4.21 Å². The van der Waals surface area contributed by atoms with Crippen molar-refractivity contribution in [3.63, 3.8) is 0 Å². The maximum atomic E-state index is 13.3. The van der Waals surface area contributed by atoms with Crippen molar-refractivity contribution in [2.75, 3.05) is 5.75 Å². The minimum Gasteiger partial charge on any atom is -0.478 e. The molecule has 0 unspecified atom stereocenters. The van der Waals surface area contributed by atoms with Gasteiger partial charge in [-0.15, -0.1) is 0 Å². The molecule has 1 rings (SSSR count). The van der Waals surface area contributed by atoms with E-state index >= 15 is 0 Å². The summed E-state index contributed by atoms with van der Waals surface area (Å²) in [5.41, 5.74) is -0.676. The molecule has 0 aromatic heterocycles. The minimum absolute atomic E-state index is 0.0668. The van der Waals surface area contributed by atoms with Crippen molar-refractivity contribution in [3.05, 3.63) is 28.8 Å². The molecule has 7 heteroatoms. The van der Waals surface area contributed by atoms with Crippen LogP contribution in [0.15, 0.2) is 17.0 Å². The monoisotopic (exact) mass is 310 g/mol. The number of hydrogen-bond acceptors (Lipinski definition) is 2. The Morgan fingerprint density at radius 3 is 2.47 bits per heavy atom. The zero-order valence-electron chi connectivity index (χ0n) is 10.4. The Kier molecular flexibility index (Phi) is 5.04. The van der Waals surface area contributed by atoms with E-state index < -0.39 is 27.7 Å². The number of halogens is 3. The number of carboxylic acid groups (broad SMARTS) is 1. The Hall–Kier alpha value is -1.01. The lowest BCUT2D eigenvalue weighted by atomic mass is 10.1. The van der Waals surface area contributed by atoms with E-state index in [-0.39, 0.29) is 21.8 Å². The van der Waals surface area contributed by atoms with Crippen molar-refractivity contribution >= 4 is 28.4 Å². The average molecular weight is 311 g/mol. The van der Waals surface area contributed by atoms with Crippen LogP contribution in [0.4, 0.5) is 8.78 Å². The lowest BCUT2D eigenvalue weighted by molar-refractivity contribution is 0.0693. The second-order valence-corrected chi connectivity index (χ2v) is 5.95. The number of aromatic carboxylic acids is 1. The summed E-state index contributed by atoms with van der Waals surface area (Å²) in [7, 11) is -1.71. The Bertz CT molecular complexity index is 526. The van der Waals surface area contributed by atoms with Gasteiger partial charge in [0.25, 0.3) is 0 Å². The Balaban J connectivity index is 3.55. The molecule has 0 aliphatic rings. The number of benzene rings is 1. The summed E-state index contributed by atoms with van der Waals surface area (Å²) in [6.45, 7) is 3.12. The van der Waals surface area contributed by atoms with Crippen molar-refractivity contribution in [2.45, 2.75) is 30.5 Å². The van der Waals surface area contributed by atoms with Crippen LogP contribution in [0.2, 0.25) is 0 Å². The van der Waals surface area contributed by atoms with Gasteiger partial charge in [-0.05, 0) is 42.6 Å². The number of hydrogen-bond donors (Lipinski definition) is 1. The van der Waals surface area contributed by atoms with Crippen LogP contribution in [-0.4, -0.2) is 21.0 Å². The highest BCUT2D eigenvalue weighted by molar-refractivity contribution is 7.85. The zero-order valence-corrected chi connectivity index (χ0v) is 11.9. The first-order chi connectivity index (χ1) is 8.70. The van der Waals surface area contributed by atoms with Crippen LogP contribution in [0.3, 0.4) is 0 Å². The van der Waals surface area contributed by atoms with Gasteiger partial charge in [0.2, 0.25) is 0 Å². The maximum absolute atomic E-state index is 13.3. The third kappa shape index (κ3) is 3.51. The highest BCUT2D eigenvalue weighted by Gasteiger charge is 2.34. The average Bonchev–Trinajstić information content (AvgIpc) is 2.26. The van der Waals surface area contributed by atoms with E-state index in [1.807, 2.05) is 0 Å². The molecule has 1 N–H and O–H groups in total. The fourth-order valence-electron chi connectivity index (χ4n) is 1.73. The SMILES string of the molecule is CCC[S@](=O)c1c(C(F)(F)Cl)ccc(C(=O)O)c1C. The number of carbonyl (C=O) groups is 1. The standard InChI is InChI=1S/C12H13ClF2O3S/c1-3-6-19(18)10-7(2)8(11(16)17)4-5-9(10)12(13,14)15/h4-5H,3,6H2,1-2H3,(H,16,17)/t19-/m0/s1. The highest BCUT2D eigenvalue weighted by atomic mass is 35.5. The largest absolute Gasteiger partial charge is 0.478 e. The van der Waals surface area contributed by atoms with Gasteiger partial charge >= 0.3 is 11.4 Å². The molecule has 19 heavy (non-hydrogen) atoms. The molecule has 1 aromatic rings. The van der Waals surface area contributed by atoms with Gasteiger partial charge in [0, 0.05) is 5.75 Å². The van der Waals surface area contributed by atoms with Crippen LogP contribution in [-0.2, 0) is 16.2 Å². The van der Waals surface area contributed by atoms with Crippen LogP contribution < -0.4 is 0 Å². The summed E-state index contributed by atoms with van der Waals surface area (Å²) >= 11 is 5.00. The predicted octanol–water partition coefficient (Wildman–Crippen LogP) is 3.50. The third-order valence-electron chi connectivity index (χ3n) is 2.56. The fourth-order valence-corrected chi connectivity index (χ4v) is 3.41. The Morgan fingerprint density at radius 2 is 2.05 bits per heavy atom. The normalized spacial score (nSPS) is 13.3. The topological polar surface area (TPSA) is 54.4 Å². The van der Waals surface area contributed by atoms with Crippen molar-refractivity contribution in [1.29, 1.82) is 0 Å². The van der Waals surface area contributed by atoms with Gasteiger partial charge in [-0.2, -0.15) is 8.78 Å². The van der Waals surface area contributed by atoms with E-state index in [9.17, 15) is 17.8 Å². The van der Waals surface area contributed by atoms with Gasteiger partial charge in [-0.25, -0.2) is 4.79 Å². The molecular weight excluding hydrogens is 298 g/mol. The number of rotatable bonds is 5. The minimum atomic E-state index is -3.68. The van der Waals surface area contributed by atoms with Gasteiger partial charge < -0.3 is 5.11 Å². The molecule has 0 aliphatic carbocycles. The van der Waals surface area contributed by atoms with E-state index in [0.29, 0.717) is 6.42 Å². The first-order valence-electron chi connectivity index (χ1n) is 5.52. The fraction of sp³-hybridized carbons (Fsp3) is 0.417. The van der Waals surface area contributed by atoms with Crippen LogP contribution in [0.1, 0.15) is 34.8 Å². The summed E-state index contributed by atoms with van der Waals surface area (Å²) in [5.74, 6) is -1.08. The Labute approximate surface area is 117 Å². The molecule has 3 nitrogen and oxygen atoms in total. The summed E-state index contributed by atoms with van der Waals surface area (Å²) in [4.78, 5) is 10.8.